The number of hydrogen-bond acceptors (Lipinski definition) is 6. The standard InChI is InChI=1S/C33H29BrN4O4/c1-4-41-29-18-21(10-17-28(29)42-33(40)23-11-13-24(34)14-12-23)20-35-37-32(39)31-30(22-8-6-5-7-9-22)26-19-25(38(2)3)15-16-27(26)36-31/h5-20,36H,4H2,1-3H3,(H,37,39). The second kappa shape index (κ2) is 12.7. The molecular formula is C33H29BrN4O4. The molecule has 1 amide bonds. The molecule has 0 fully saturated rings. The van der Waals surface area contributed by atoms with Crippen LogP contribution in [-0.2, 0) is 0 Å². The summed E-state index contributed by atoms with van der Waals surface area (Å²) in [4.78, 5) is 31.3. The lowest BCUT2D eigenvalue weighted by molar-refractivity contribution is 0.0728. The third-order valence-electron chi connectivity index (χ3n) is 6.52. The predicted molar refractivity (Wildman–Crippen MR) is 170 cm³/mol. The van der Waals surface area contributed by atoms with Crippen LogP contribution < -0.4 is 19.8 Å². The van der Waals surface area contributed by atoms with Crippen LogP contribution in [0.4, 0.5) is 5.69 Å². The fourth-order valence-corrected chi connectivity index (χ4v) is 4.72. The molecule has 5 aromatic rings. The zero-order valence-corrected chi connectivity index (χ0v) is 24.9. The van der Waals surface area contributed by atoms with E-state index in [2.05, 4.69) is 37.5 Å². The van der Waals surface area contributed by atoms with Gasteiger partial charge in [0.25, 0.3) is 5.91 Å². The molecule has 9 heteroatoms. The van der Waals surface area contributed by atoms with Crippen molar-refractivity contribution in [2.75, 3.05) is 25.6 Å². The van der Waals surface area contributed by atoms with E-state index in [4.69, 9.17) is 9.47 Å². The summed E-state index contributed by atoms with van der Waals surface area (Å²) in [6, 6.07) is 27.8. The maximum atomic E-state index is 13.4. The van der Waals surface area contributed by atoms with Crippen LogP contribution in [0, 0.1) is 0 Å². The molecule has 0 radical (unpaired) electrons. The highest BCUT2D eigenvalue weighted by molar-refractivity contribution is 9.10. The molecule has 1 aromatic heterocycles. The second-order valence-electron chi connectivity index (χ2n) is 9.60. The third-order valence-corrected chi connectivity index (χ3v) is 7.05. The van der Waals surface area contributed by atoms with Gasteiger partial charge >= 0.3 is 5.97 Å². The van der Waals surface area contributed by atoms with Crippen LogP contribution in [0.3, 0.4) is 0 Å². The fraction of sp³-hybridized carbons (Fsp3) is 0.121. The minimum absolute atomic E-state index is 0.286. The number of hydrogen-bond donors (Lipinski definition) is 2. The SMILES string of the molecule is CCOc1cc(C=NNC(=O)c2[nH]c3ccc(N(C)C)cc3c2-c2ccccc2)ccc1OC(=O)c1ccc(Br)cc1. The van der Waals surface area contributed by atoms with Crippen molar-refractivity contribution in [1.82, 2.24) is 10.4 Å². The number of H-pyrrole nitrogens is 1. The number of rotatable bonds is 9. The Balaban J connectivity index is 1.37. The van der Waals surface area contributed by atoms with Crippen molar-refractivity contribution in [3.05, 3.63) is 112 Å². The van der Waals surface area contributed by atoms with Gasteiger partial charge in [-0.1, -0.05) is 46.3 Å². The van der Waals surface area contributed by atoms with Crippen LogP contribution in [0.25, 0.3) is 22.0 Å². The molecule has 2 N–H and O–H groups in total. The number of nitrogens with zero attached hydrogens (tertiary/aromatic N) is 2. The largest absolute Gasteiger partial charge is 0.490 e. The average Bonchev–Trinajstić information content (AvgIpc) is 3.38. The Hall–Kier alpha value is -4.89. The predicted octanol–water partition coefficient (Wildman–Crippen LogP) is 7.05. The minimum Gasteiger partial charge on any atom is -0.490 e. The zero-order valence-electron chi connectivity index (χ0n) is 23.4. The molecule has 1 heterocycles. The third kappa shape index (κ3) is 6.37. The molecule has 0 aliphatic heterocycles. The number of amides is 1. The summed E-state index contributed by atoms with van der Waals surface area (Å²) in [5.74, 6) is -0.203. The van der Waals surface area contributed by atoms with Crippen LogP contribution in [0.2, 0.25) is 0 Å². The van der Waals surface area contributed by atoms with Gasteiger partial charge in [-0.3, -0.25) is 4.79 Å². The smallest absolute Gasteiger partial charge is 0.343 e. The second-order valence-corrected chi connectivity index (χ2v) is 10.5. The lowest BCUT2D eigenvalue weighted by Crippen LogP contribution is -2.18. The van der Waals surface area contributed by atoms with E-state index in [1.54, 1.807) is 42.5 Å². The van der Waals surface area contributed by atoms with Crippen molar-refractivity contribution < 1.29 is 19.1 Å². The van der Waals surface area contributed by atoms with E-state index in [-0.39, 0.29) is 11.7 Å². The Morgan fingerprint density at radius 2 is 1.71 bits per heavy atom. The molecule has 0 bridgehead atoms. The number of benzene rings is 4. The summed E-state index contributed by atoms with van der Waals surface area (Å²) in [5, 5.41) is 5.14. The molecule has 42 heavy (non-hydrogen) atoms. The summed E-state index contributed by atoms with van der Waals surface area (Å²) >= 11 is 3.36. The first-order chi connectivity index (χ1) is 20.3. The number of ether oxygens (including phenoxy) is 2. The van der Waals surface area contributed by atoms with Gasteiger partial charge in [0.2, 0.25) is 0 Å². The van der Waals surface area contributed by atoms with Crippen LogP contribution >= 0.6 is 15.9 Å². The van der Waals surface area contributed by atoms with Gasteiger partial charge in [0.1, 0.15) is 5.69 Å². The Labute approximate surface area is 252 Å². The number of halogens is 1. The molecule has 8 nitrogen and oxygen atoms in total. The average molecular weight is 626 g/mol. The number of hydrazone groups is 1. The van der Waals surface area contributed by atoms with E-state index in [1.807, 2.05) is 68.4 Å². The number of fused-ring (bicyclic) bond motifs is 1. The Morgan fingerprint density at radius 3 is 2.43 bits per heavy atom. The van der Waals surface area contributed by atoms with Crippen molar-refractivity contribution in [1.29, 1.82) is 0 Å². The van der Waals surface area contributed by atoms with Gasteiger partial charge in [0.05, 0.1) is 18.4 Å². The Morgan fingerprint density at radius 1 is 0.952 bits per heavy atom. The lowest BCUT2D eigenvalue weighted by Gasteiger charge is -2.12. The van der Waals surface area contributed by atoms with Crippen LogP contribution in [0.5, 0.6) is 11.5 Å². The first-order valence-corrected chi connectivity index (χ1v) is 14.1. The van der Waals surface area contributed by atoms with Gasteiger partial charge in [-0.15, -0.1) is 0 Å². The molecule has 0 unspecified atom stereocenters. The number of nitrogens with one attached hydrogen (secondary N) is 2. The van der Waals surface area contributed by atoms with Crippen molar-refractivity contribution >= 4 is 50.6 Å². The molecule has 0 saturated carbocycles. The molecule has 0 spiro atoms. The highest BCUT2D eigenvalue weighted by atomic mass is 79.9. The van der Waals surface area contributed by atoms with E-state index in [9.17, 15) is 9.59 Å². The molecule has 5 rings (SSSR count). The molecule has 212 valence electrons. The van der Waals surface area contributed by atoms with Gasteiger partial charge in [-0.2, -0.15) is 5.10 Å². The number of aromatic nitrogens is 1. The molecule has 0 aliphatic carbocycles. The molecular weight excluding hydrogens is 596 g/mol. The summed E-state index contributed by atoms with van der Waals surface area (Å²) in [5.41, 5.74) is 7.72. The van der Waals surface area contributed by atoms with Crippen molar-refractivity contribution in [2.45, 2.75) is 6.92 Å². The van der Waals surface area contributed by atoms with E-state index in [0.29, 0.717) is 29.2 Å². The van der Waals surface area contributed by atoms with Crippen LogP contribution in [-0.4, -0.2) is 43.8 Å². The Bertz CT molecular complexity index is 1760. The quantitative estimate of drug-likeness (QED) is 0.0793. The van der Waals surface area contributed by atoms with Crippen molar-refractivity contribution in [3.63, 3.8) is 0 Å². The number of anilines is 1. The minimum atomic E-state index is -0.498. The molecule has 0 saturated heterocycles. The van der Waals surface area contributed by atoms with Gasteiger partial charge in [0.15, 0.2) is 11.5 Å². The van der Waals surface area contributed by atoms with Gasteiger partial charge in [-0.05, 0) is 78.7 Å². The number of carbonyl (C=O) groups excluding carboxylic acids is 2. The summed E-state index contributed by atoms with van der Waals surface area (Å²) in [6.07, 6.45) is 1.51. The number of esters is 1. The van der Waals surface area contributed by atoms with E-state index in [1.165, 1.54) is 6.21 Å². The van der Waals surface area contributed by atoms with E-state index < -0.39 is 5.97 Å². The molecule has 0 aliphatic rings. The van der Waals surface area contributed by atoms with E-state index >= 15 is 0 Å². The first kappa shape index (κ1) is 28.6. The number of carbonyl (C=O) groups is 2. The maximum absolute atomic E-state index is 13.4. The van der Waals surface area contributed by atoms with Crippen LogP contribution in [0.15, 0.2) is 101 Å². The topological polar surface area (TPSA) is 96.0 Å². The maximum Gasteiger partial charge on any atom is 0.343 e. The fourth-order valence-electron chi connectivity index (χ4n) is 4.46. The van der Waals surface area contributed by atoms with Crippen molar-refractivity contribution in [2.24, 2.45) is 5.10 Å². The van der Waals surface area contributed by atoms with Gasteiger partial charge in [-0.25, -0.2) is 10.2 Å². The normalized spacial score (nSPS) is 11.0. The Kier molecular flexibility index (Phi) is 8.68. The van der Waals surface area contributed by atoms with Gasteiger partial charge < -0.3 is 19.4 Å². The lowest BCUT2D eigenvalue weighted by atomic mass is 10.0. The highest BCUT2D eigenvalue weighted by Crippen LogP contribution is 2.35. The van der Waals surface area contributed by atoms with Gasteiger partial charge in [0, 0.05) is 40.7 Å². The monoisotopic (exact) mass is 624 g/mol. The summed E-state index contributed by atoms with van der Waals surface area (Å²) in [7, 11) is 3.96. The van der Waals surface area contributed by atoms with E-state index in [0.717, 1.165) is 32.2 Å². The summed E-state index contributed by atoms with van der Waals surface area (Å²) < 4.78 is 12.2. The highest BCUT2D eigenvalue weighted by Gasteiger charge is 2.20. The molecule has 0 atom stereocenters. The zero-order chi connectivity index (χ0) is 29.6. The van der Waals surface area contributed by atoms with Crippen LogP contribution in [0.1, 0.15) is 33.3 Å². The van der Waals surface area contributed by atoms with Crippen molar-refractivity contribution in [3.8, 4) is 22.6 Å². The first-order valence-electron chi connectivity index (χ1n) is 13.3. The number of aromatic amines is 1. The summed E-state index contributed by atoms with van der Waals surface area (Å²) in [6.45, 7) is 2.21. The molecule has 4 aromatic carbocycles.